The van der Waals surface area contributed by atoms with Crippen molar-refractivity contribution in [1.82, 2.24) is 10.6 Å². The Hall–Kier alpha value is -2.56. The third kappa shape index (κ3) is 4.15. The fourth-order valence-electron chi connectivity index (χ4n) is 3.56. The van der Waals surface area contributed by atoms with E-state index in [1.165, 1.54) is 17.4 Å². The smallest absolute Gasteiger partial charge is 0.287 e. The molecule has 0 bridgehead atoms. The minimum atomic E-state index is -0.591. The van der Waals surface area contributed by atoms with Gasteiger partial charge < -0.3 is 15.1 Å². The second kappa shape index (κ2) is 8.21. The van der Waals surface area contributed by atoms with Crippen LogP contribution in [-0.4, -0.2) is 24.4 Å². The fourth-order valence-corrected chi connectivity index (χ4v) is 3.56. The van der Waals surface area contributed by atoms with E-state index < -0.39 is 6.04 Å². The molecule has 1 aromatic heterocycles. The second-order valence-corrected chi connectivity index (χ2v) is 7.21. The van der Waals surface area contributed by atoms with E-state index >= 15 is 0 Å². The first-order chi connectivity index (χ1) is 12.6. The first-order valence-electron chi connectivity index (χ1n) is 9.26. The number of carbonyl (C=O) groups excluding carboxylic acids is 2. The maximum absolute atomic E-state index is 12.7. The number of furan rings is 1. The number of hydrogen-bond donors (Lipinski definition) is 2. The van der Waals surface area contributed by atoms with Crippen molar-refractivity contribution in [1.29, 1.82) is 0 Å². The molecule has 5 heteroatoms. The van der Waals surface area contributed by atoms with Crippen molar-refractivity contribution in [2.75, 3.05) is 6.54 Å². The van der Waals surface area contributed by atoms with Gasteiger partial charge in [0, 0.05) is 12.5 Å². The number of fused-ring (bicyclic) bond motifs is 1. The minimum absolute atomic E-state index is 0.0208. The summed E-state index contributed by atoms with van der Waals surface area (Å²) in [5, 5.41) is 5.82. The fraction of sp³-hybridized carbons (Fsp3) is 0.429. The molecule has 1 aromatic carbocycles. The van der Waals surface area contributed by atoms with Crippen LogP contribution in [0.3, 0.4) is 0 Å². The molecule has 2 atom stereocenters. The van der Waals surface area contributed by atoms with Gasteiger partial charge in [-0.2, -0.15) is 0 Å². The van der Waals surface area contributed by atoms with Gasteiger partial charge in [0.25, 0.3) is 5.91 Å². The standard InChI is InChI=1S/C21H26N2O3/c1-14(2)19(23-20(24)18-11-6-12-26-18)21(25)22-13-16-9-5-8-15-7-3-4-10-17(15)16/h3-4,6-7,10-12,14,16,19H,5,8-9,13H2,1-2H3,(H,22,25)(H,23,24). The van der Waals surface area contributed by atoms with Crippen molar-refractivity contribution in [3.8, 4) is 0 Å². The van der Waals surface area contributed by atoms with E-state index in [2.05, 4.69) is 34.9 Å². The highest BCUT2D eigenvalue weighted by Gasteiger charge is 2.27. The van der Waals surface area contributed by atoms with Crippen molar-refractivity contribution in [3.63, 3.8) is 0 Å². The van der Waals surface area contributed by atoms with E-state index in [0.29, 0.717) is 12.5 Å². The van der Waals surface area contributed by atoms with Crippen molar-refractivity contribution >= 4 is 11.8 Å². The predicted molar refractivity (Wildman–Crippen MR) is 99.9 cm³/mol. The van der Waals surface area contributed by atoms with Crippen molar-refractivity contribution in [3.05, 3.63) is 59.5 Å². The van der Waals surface area contributed by atoms with Crippen LogP contribution in [0, 0.1) is 5.92 Å². The summed E-state index contributed by atoms with van der Waals surface area (Å²) in [6.07, 6.45) is 4.76. The summed E-state index contributed by atoms with van der Waals surface area (Å²) < 4.78 is 5.11. The molecular weight excluding hydrogens is 328 g/mol. The Labute approximate surface area is 154 Å². The molecule has 0 spiro atoms. The Kier molecular flexibility index (Phi) is 5.76. The molecular formula is C21H26N2O3. The summed E-state index contributed by atoms with van der Waals surface area (Å²) in [6.45, 7) is 4.43. The summed E-state index contributed by atoms with van der Waals surface area (Å²) >= 11 is 0. The quantitative estimate of drug-likeness (QED) is 0.836. The number of carbonyl (C=O) groups is 2. The lowest BCUT2D eigenvalue weighted by molar-refractivity contribution is -0.124. The highest BCUT2D eigenvalue weighted by atomic mass is 16.3. The molecule has 1 heterocycles. The van der Waals surface area contributed by atoms with Gasteiger partial charge in [-0.15, -0.1) is 0 Å². The third-order valence-electron chi connectivity index (χ3n) is 5.00. The molecule has 0 fully saturated rings. The van der Waals surface area contributed by atoms with Crippen molar-refractivity contribution in [2.45, 2.75) is 45.1 Å². The number of nitrogens with one attached hydrogen (secondary N) is 2. The average molecular weight is 354 g/mol. The maximum Gasteiger partial charge on any atom is 0.287 e. The van der Waals surface area contributed by atoms with E-state index in [4.69, 9.17) is 4.42 Å². The SMILES string of the molecule is CC(C)C(NC(=O)c1ccco1)C(=O)NCC1CCCc2ccccc21. The monoisotopic (exact) mass is 354 g/mol. The third-order valence-corrected chi connectivity index (χ3v) is 5.00. The summed E-state index contributed by atoms with van der Waals surface area (Å²) in [5.41, 5.74) is 2.71. The van der Waals surface area contributed by atoms with Gasteiger partial charge in [-0.25, -0.2) is 0 Å². The molecule has 0 aliphatic heterocycles. The van der Waals surface area contributed by atoms with Gasteiger partial charge in [0.1, 0.15) is 6.04 Å². The average Bonchev–Trinajstić information content (AvgIpc) is 3.18. The van der Waals surface area contributed by atoms with Crippen LogP contribution < -0.4 is 10.6 Å². The first-order valence-corrected chi connectivity index (χ1v) is 9.26. The first kappa shape index (κ1) is 18.2. The molecule has 0 saturated heterocycles. The summed E-state index contributed by atoms with van der Waals surface area (Å²) in [4.78, 5) is 24.9. The molecule has 26 heavy (non-hydrogen) atoms. The number of benzene rings is 1. The Bertz CT molecular complexity index is 752. The van der Waals surface area contributed by atoms with Gasteiger partial charge in [0.2, 0.25) is 5.91 Å². The second-order valence-electron chi connectivity index (χ2n) is 7.21. The minimum Gasteiger partial charge on any atom is -0.459 e. The van der Waals surface area contributed by atoms with Crippen molar-refractivity contribution < 1.29 is 14.0 Å². The highest BCUT2D eigenvalue weighted by Crippen LogP contribution is 2.30. The van der Waals surface area contributed by atoms with Crippen LogP contribution >= 0.6 is 0 Å². The maximum atomic E-state index is 12.7. The van der Waals surface area contributed by atoms with Crippen LogP contribution in [0.15, 0.2) is 47.1 Å². The molecule has 5 nitrogen and oxygen atoms in total. The zero-order valence-electron chi connectivity index (χ0n) is 15.3. The zero-order valence-corrected chi connectivity index (χ0v) is 15.3. The molecule has 1 aliphatic carbocycles. The van der Waals surface area contributed by atoms with Gasteiger partial charge in [-0.3, -0.25) is 9.59 Å². The number of amides is 2. The molecule has 2 N–H and O–H groups in total. The van der Waals surface area contributed by atoms with Crippen LogP contribution in [0.25, 0.3) is 0 Å². The van der Waals surface area contributed by atoms with E-state index in [9.17, 15) is 9.59 Å². The van der Waals surface area contributed by atoms with E-state index in [1.807, 2.05) is 13.8 Å². The lowest BCUT2D eigenvalue weighted by Crippen LogP contribution is -2.50. The lowest BCUT2D eigenvalue weighted by Gasteiger charge is -2.27. The molecule has 2 unspecified atom stereocenters. The number of aryl methyl sites for hydroxylation is 1. The van der Waals surface area contributed by atoms with Gasteiger partial charge in [0.05, 0.1) is 6.26 Å². The van der Waals surface area contributed by atoms with Crippen LogP contribution in [0.5, 0.6) is 0 Å². The number of rotatable bonds is 6. The topological polar surface area (TPSA) is 71.3 Å². The van der Waals surface area contributed by atoms with Crippen LogP contribution in [0.4, 0.5) is 0 Å². The normalized spacial score (nSPS) is 17.4. The van der Waals surface area contributed by atoms with E-state index in [-0.39, 0.29) is 23.5 Å². The van der Waals surface area contributed by atoms with Crippen LogP contribution in [-0.2, 0) is 11.2 Å². The number of hydrogen-bond acceptors (Lipinski definition) is 3. The Morgan fingerprint density at radius 1 is 1.19 bits per heavy atom. The van der Waals surface area contributed by atoms with Crippen LogP contribution in [0.2, 0.25) is 0 Å². The molecule has 0 saturated carbocycles. The Morgan fingerprint density at radius 2 is 2.00 bits per heavy atom. The molecule has 138 valence electrons. The Morgan fingerprint density at radius 3 is 2.73 bits per heavy atom. The molecule has 0 radical (unpaired) electrons. The van der Waals surface area contributed by atoms with Gasteiger partial charge >= 0.3 is 0 Å². The molecule has 1 aliphatic rings. The molecule has 2 amide bonds. The van der Waals surface area contributed by atoms with Gasteiger partial charge in [-0.1, -0.05) is 38.1 Å². The Balaban J connectivity index is 1.61. The largest absolute Gasteiger partial charge is 0.459 e. The van der Waals surface area contributed by atoms with E-state index in [1.54, 1.807) is 12.1 Å². The predicted octanol–water partition coefficient (Wildman–Crippen LogP) is 3.27. The summed E-state index contributed by atoms with van der Waals surface area (Å²) in [6, 6.07) is 11.1. The van der Waals surface area contributed by atoms with Gasteiger partial charge in [0.15, 0.2) is 5.76 Å². The van der Waals surface area contributed by atoms with Gasteiger partial charge in [-0.05, 0) is 48.4 Å². The molecule has 3 rings (SSSR count). The van der Waals surface area contributed by atoms with E-state index in [0.717, 1.165) is 19.3 Å². The summed E-state index contributed by atoms with van der Waals surface area (Å²) in [5.74, 6) is 0.00419. The molecule has 2 aromatic rings. The highest BCUT2D eigenvalue weighted by molar-refractivity contribution is 5.95. The van der Waals surface area contributed by atoms with Crippen LogP contribution in [0.1, 0.15) is 54.3 Å². The zero-order chi connectivity index (χ0) is 18.5. The van der Waals surface area contributed by atoms with Crippen molar-refractivity contribution in [2.24, 2.45) is 5.92 Å². The summed E-state index contributed by atoms with van der Waals surface area (Å²) in [7, 11) is 0. The lowest BCUT2D eigenvalue weighted by atomic mass is 9.83.